The second-order valence-corrected chi connectivity index (χ2v) is 6.52. The quantitative estimate of drug-likeness (QED) is 0.756. The normalized spacial score (nSPS) is 28.9. The van der Waals surface area contributed by atoms with Crippen LogP contribution < -0.4 is 5.32 Å². The number of rotatable bonds is 3. The Kier molecular flexibility index (Phi) is 5.49. The van der Waals surface area contributed by atoms with Crippen LogP contribution in [-0.2, 0) is 14.3 Å². The van der Waals surface area contributed by atoms with Crippen LogP contribution in [0.2, 0.25) is 0 Å². The lowest BCUT2D eigenvalue weighted by molar-refractivity contribution is -0.142. The van der Waals surface area contributed by atoms with E-state index >= 15 is 0 Å². The van der Waals surface area contributed by atoms with E-state index < -0.39 is 0 Å². The van der Waals surface area contributed by atoms with E-state index in [1.807, 2.05) is 4.90 Å². The van der Waals surface area contributed by atoms with Crippen molar-refractivity contribution in [3.05, 3.63) is 0 Å². The van der Waals surface area contributed by atoms with Crippen molar-refractivity contribution in [1.82, 2.24) is 15.1 Å². The summed E-state index contributed by atoms with van der Waals surface area (Å²) in [5.41, 5.74) is 0. The van der Waals surface area contributed by atoms with Crippen LogP contribution in [0.4, 0.5) is 0 Å². The van der Waals surface area contributed by atoms with Crippen molar-refractivity contribution in [2.24, 2.45) is 0 Å². The molecule has 3 aliphatic heterocycles. The minimum absolute atomic E-state index is 0.149. The van der Waals surface area contributed by atoms with E-state index in [2.05, 4.69) is 10.2 Å². The molecule has 3 heterocycles. The summed E-state index contributed by atoms with van der Waals surface area (Å²) in [6.07, 6.45) is 4.19. The maximum atomic E-state index is 12.3. The Balaban J connectivity index is 1.38. The highest BCUT2D eigenvalue weighted by molar-refractivity contribution is 7.80. The number of nitrogens with zero attached hydrogens (tertiary/aromatic N) is 2. The molecule has 0 bridgehead atoms. The molecule has 3 saturated heterocycles. The summed E-state index contributed by atoms with van der Waals surface area (Å²) in [4.78, 5) is 16.3. The summed E-state index contributed by atoms with van der Waals surface area (Å²) in [7, 11) is 0. The Morgan fingerprint density at radius 3 is 2.36 bits per heavy atom. The van der Waals surface area contributed by atoms with E-state index in [1.54, 1.807) is 0 Å². The third-order valence-electron chi connectivity index (χ3n) is 4.59. The molecule has 2 unspecified atom stereocenters. The Labute approximate surface area is 137 Å². The van der Waals surface area contributed by atoms with Crippen molar-refractivity contribution >= 4 is 23.2 Å². The maximum Gasteiger partial charge on any atom is 0.251 e. The maximum absolute atomic E-state index is 12.3. The SMILES string of the molecule is O=C(C1CCCO1)N1CCN(C(=S)NCC2CCCO2)CC1. The Morgan fingerprint density at radius 2 is 1.73 bits per heavy atom. The lowest BCUT2D eigenvalue weighted by atomic mass is 10.2. The summed E-state index contributed by atoms with van der Waals surface area (Å²) in [5, 5.41) is 4.08. The molecule has 0 spiro atoms. The fraction of sp³-hybridized carbons (Fsp3) is 0.867. The monoisotopic (exact) mass is 327 g/mol. The molecule has 0 radical (unpaired) electrons. The van der Waals surface area contributed by atoms with Gasteiger partial charge in [0.15, 0.2) is 5.11 Å². The number of nitrogens with one attached hydrogen (secondary N) is 1. The van der Waals surface area contributed by atoms with Gasteiger partial charge in [0.2, 0.25) is 0 Å². The molecule has 6 nitrogen and oxygen atoms in total. The number of carbonyl (C=O) groups excluding carboxylic acids is 1. The number of ether oxygens (including phenoxy) is 2. The molecule has 2 atom stereocenters. The van der Waals surface area contributed by atoms with Crippen LogP contribution in [0.5, 0.6) is 0 Å². The van der Waals surface area contributed by atoms with E-state index in [4.69, 9.17) is 21.7 Å². The zero-order valence-corrected chi connectivity index (χ0v) is 13.8. The number of hydrogen-bond acceptors (Lipinski definition) is 4. The Bertz CT molecular complexity index is 401. The first-order valence-electron chi connectivity index (χ1n) is 8.29. The zero-order valence-electron chi connectivity index (χ0n) is 13.0. The topological polar surface area (TPSA) is 54.0 Å². The van der Waals surface area contributed by atoms with E-state index in [1.165, 1.54) is 0 Å². The lowest BCUT2D eigenvalue weighted by Gasteiger charge is -2.37. The molecule has 0 aromatic rings. The fourth-order valence-corrected chi connectivity index (χ4v) is 3.49. The van der Waals surface area contributed by atoms with E-state index in [-0.39, 0.29) is 12.0 Å². The van der Waals surface area contributed by atoms with Crippen LogP contribution in [-0.4, -0.2) is 79.0 Å². The molecule has 0 saturated carbocycles. The van der Waals surface area contributed by atoms with Crippen molar-refractivity contribution in [2.75, 3.05) is 45.9 Å². The highest BCUT2D eigenvalue weighted by Crippen LogP contribution is 2.16. The largest absolute Gasteiger partial charge is 0.376 e. The molecule has 7 heteroatoms. The van der Waals surface area contributed by atoms with Gasteiger partial charge < -0.3 is 24.6 Å². The van der Waals surface area contributed by atoms with Crippen molar-refractivity contribution in [1.29, 1.82) is 0 Å². The van der Waals surface area contributed by atoms with Gasteiger partial charge in [0.25, 0.3) is 5.91 Å². The van der Waals surface area contributed by atoms with E-state index in [0.717, 1.165) is 70.1 Å². The van der Waals surface area contributed by atoms with Gasteiger partial charge in [-0.15, -0.1) is 0 Å². The average molecular weight is 327 g/mol. The first kappa shape index (κ1) is 16.0. The van der Waals surface area contributed by atoms with Crippen LogP contribution in [0.15, 0.2) is 0 Å². The molecular weight excluding hydrogens is 302 g/mol. The fourth-order valence-electron chi connectivity index (χ4n) is 3.22. The molecule has 1 amide bonds. The standard InChI is InChI=1S/C15H25N3O3S/c19-14(13-4-2-10-21-13)17-5-7-18(8-6-17)15(22)16-11-12-3-1-9-20-12/h12-13H,1-11H2,(H,16,22). The predicted octanol–water partition coefficient (Wildman–Crippen LogP) is 0.363. The predicted molar refractivity (Wildman–Crippen MR) is 86.7 cm³/mol. The zero-order chi connectivity index (χ0) is 15.4. The molecule has 124 valence electrons. The molecule has 3 fully saturated rings. The van der Waals surface area contributed by atoms with Gasteiger partial charge in [-0.05, 0) is 37.9 Å². The van der Waals surface area contributed by atoms with Gasteiger partial charge >= 0.3 is 0 Å². The van der Waals surface area contributed by atoms with Gasteiger partial charge in [0.1, 0.15) is 6.10 Å². The minimum Gasteiger partial charge on any atom is -0.376 e. The van der Waals surface area contributed by atoms with Crippen LogP contribution in [0, 0.1) is 0 Å². The number of amides is 1. The van der Waals surface area contributed by atoms with Gasteiger partial charge in [-0.1, -0.05) is 0 Å². The summed E-state index contributed by atoms with van der Waals surface area (Å²) >= 11 is 5.45. The first-order valence-corrected chi connectivity index (χ1v) is 8.69. The van der Waals surface area contributed by atoms with Crippen molar-refractivity contribution in [2.45, 2.75) is 37.9 Å². The van der Waals surface area contributed by atoms with Crippen molar-refractivity contribution in [3.63, 3.8) is 0 Å². The van der Waals surface area contributed by atoms with Gasteiger partial charge in [-0.25, -0.2) is 0 Å². The molecule has 3 aliphatic rings. The van der Waals surface area contributed by atoms with Crippen LogP contribution in [0.1, 0.15) is 25.7 Å². The molecule has 22 heavy (non-hydrogen) atoms. The summed E-state index contributed by atoms with van der Waals surface area (Å²) in [6.45, 7) is 5.39. The summed E-state index contributed by atoms with van der Waals surface area (Å²) in [6, 6.07) is 0. The average Bonchev–Trinajstić information content (AvgIpc) is 3.25. The highest BCUT2D eigenvalue weighted by Gasteiger charge is 2.30. The molecule has 0 aromatic carbocycles. The second-order valence-electron chi connectivity index (χ2n) is 6.14. The smallest absolute Gasteiger partial charge is 0.251 e. The van der Waals surface area contributed by atoms with Crippen LogP contribution >= 0.6 is 12.2 Å². The van der Waals surface area contributed by atoms with Crippen molar-refractivity contribution < 1.29 is 14.3 Å². The summed E-state index contributed by atoms with van der Waals surface area (Å²) < 4.78 is 11.1. The molecule has 0 aromatic heterocycles. The lowest BCUT2D eigenvalue weighted by Crippen LogP contribution is -2.55. The van der Waals surface area contributed by atoms with E-state index in [9.17, 15) is 4.79 Å². The van der Waals surface area contributed by atoms with Gasteiger partial charge in [-0.2, -0.15) is 0 Å². The number of piperazine rings is 1. The van der Waals surface area contributed by atoms with E-state index in [0.29, 0.717) is 12.7 Å². The number of hydrogen-bond donors (Lipinski definition) is 1. The highest BCUT2D eigenvalue weighted by atomic mass is 32.1. The number of carbonyl (C=O) groups is 1. The number of thiocarbonyl (C=S) groups is 1. The Hall–Kier alpha value is -0.920. The molecule has 3 rings (SSSR count). The molecular formula is C15H25N3O3S. The van der Waals surface area contributed by atoms with Crippen LogP contribution in [0.3, 0.4) is 0 Å². The second kappa shape index (κ2) is 7.57. The third-order valence-corrected chi connectivity index (χ3v) is 4.99. The van der Waals surface area contributed by atoms with Gasteiger partial charge in [-0.3, -0.25) is 4.79 Å². The first-order chi connectivity index (χ1) is 10.7. The van der Waals surface area contributed by atoms with Gasteiger partial charge in [0, 0.05) is 45.9 Å². The molecule has 1 N–H and O–H groups in total. The third kappa shape index (κ3) is 3.88. The summed E-state index contributed by atoms with van der Waals surface area (Å²) in [5.74, 6) is 0.149. The minimum atomic E-state index is -0.212. The van der Waals surface area contributed by atoms with Gasteiger partial charge in [0.05, 0.1) is 6.10 Å². The van der Waals surface area contributed by atoms with Crippen molar-refractivity contribution in [3.8, 4) is 0 Å². The molecule has 0 aliphatic carbocycles. The van der Waals surface area contributed by atoms with Crippen LogP contribution in [0.25, 0.3) is 0 Å². The Morgan fingerprint density at radius 1 is 1.05 bits per heavy atom.